The number of ether oxygens (including phenoxy) is 3. The molecule has 0 bridgehead atoms. The highest BCUT2D eigenvalue weighted by Gasteiger charge is 2.10. The van der Waals surface area contributed by atoms with Crippen LogP contribution in [0.1, 0.15) is 6.42 Å². The van der Waals surface area contributed by atoms with E-state index in [1.165, 1.54) is 12.1 Å². The van der Waals surface area contributed by atoms with Gasteiger partial charge in [0, 0.05) is 23.6 Å². The lowest BCUT2D eigenvalue weighted by Crippen LogP contribution is -2.06. The quantitative estimate of drug-likeness (QED) is 0.568. The molecular weight excluding hydrogens is 375 g/mol. The van der Waals surface area contributed by atoms with Crippen molar-refractivity contribution < 1.29 is 19.0 Å². The van der Waals surface area contributed by atoms with Crippen LogP contribution in [0.25, 0.3) is 0 Å². The third-order valence-electron chi connectivity index (χ3n) is 2.89. The van der Waals surface area contributed by atoms with Crippen LogP contribution in [-0.4, -0.2) is 26.1 Å². The molecule has 2 rings (SSSR count). The standard InChI is InChI=1S/C17H14Cl3O4/c18-12-2-4-13(5-3-12)22-7-1-8-24-17-15(19)10-14(11-16(17)20)23-9-6-21/h2-5,10-11H,1,7-9H2. The average Bonchev–Trinajstić information content (AvgIpc) is 2.56. The fourth-order valence-electron chi connectivity index (χ4n) is 1.82. The molecule has 0 aliphatic carbocycles. The Morgan fingerprint density at radius 2 is 1.46 bits per heavy atom. The van der Waals surface area contributed by atoms with E-state index in [9.17, 15) is 4.79 Å². The van der Waals surface area contributed by atoms with Crippen LogP contribution in [0.3, 0.4) is 0 Å². The molecular formula is C17H14Cl3O4. The normalized spacial score (nSPS) is 10.3. The van der Waals surface area contributed by atoms with Gasteiger partial charge in [-0.05, 0) is 24.3 Å². The van der Waals surface area contributed by atoms with Gasteiger partial charge in [0.05, 0.1) is 23.3 Å². The number of halogens is 3. The SMILES string of the molecule is O=[C]COc1cc(Cl)c(OCCCOc2ccc(Cl)cc2)c(Cl)c1. The molecule has 0 aromatic heterocycles. The maximum absolute atomic E-state index is 10.2. The van der Waals surface area contributed by atoms with E-state index in [0.29, 0.717) is 46.2 Å². The third-order valence-corrected chi connectivity index (χ3v) is 3.70. The summed E-state index contributed by atoms with van der Waals surface area (Å²) in [5.74, 6) is 1.49. The lowest BCUT2D eigenvalue weighted by Gasteiger charge is -2.12. The van der Waals surface area contributed by atoms with Gasteiger partial charge in [0.25, 0.3) is 0 Å². The molecule has 0 spiro atoms. The highest BCUT2D eigenvalue weighted by molar-refractivity contribution is 6.37. The Kier molecular flexibility index (Phi) is 7.50. The Morgan fingerprint density at radius 3 is 2.08 bits per heavy atom. The minimum absolute atomic E-state index is 0.186. The predicted molar refractivity (Wildman–Crippen MR) is 94.7 cm³/mol. The van der Waals surface area contributed by atoms with Crippen molar-refractivity contribution in [2.75, 3.05) is 19.8 Å². The third kappa shape index (κ3) is 5.78. The maximum atomic E-state index is 10.2. The second kappa shape index (κ2) is 9.62. The predicted octanol–water partition coefficient (Wildman–Crippen LogP) is 4.98. The van der Waals surface area contributed by atoms with Crippen LogP contribution in [-0.2, 0) is 4.79 Å². The molecule has 127 valence electrons. The van der Waals surface area contributed by atoms with Gasteiger partial charge in [0.2, 0.25) is 6.29 Å². The van der Waals surface area contributed by atoms with Crippen LogP contribution < -0.4 is 14.2 Å². The highest BCUT2D eigenvalue weighted by atomic mass is 35.5. The lowest BCUT2D eigenvalue weighted by atomic mass is 10.3. The number of rotatable bonds is 9. The average molecular weight is 389 g/mol. The molecule has 0 saturated carbocycles. The van der Waals surface area contributed by atoms with E-state index in [2.05, 4.69) is 0 Å². The summed E-state index contributed by atoms with van der Waals surface area (Å²) in [5, 5.41) is 1.28. The molecule has 7 heteroatoms. The molecule has 1 radical (unpaired) electrons. The second-order valence-electron chi connectivity index (χ2n) is 4.65. The summed E-state index contributed by atoms with van der Waals surface area (Å²) in [4.78, 5) is 10.2. The molecule has 0 atom stereocenters. The highest BCUT2D eigenvalue weighted by Crippen LogP contribution is 2.37. The fraction of sp³-hybridized carbons (Fsp3) is 0.235. The minimum Gasteiger partial charge on any atom is -0.493 e. The van der Waals surface area contributed by atoms with E-state index in [-0.39, 0.29) is 6.61 Å². The molecule has 0 heterocycles. The molecule has 0 unspecified atom stereocenters. The summed E-state index contributed by atoms with van der Waals surface area (Å²) in [6.07, 6.45) is 2.27. The first kappa shape index (κ1) is 18.7. The van der Waals surface area contributed by atoms with Gasteiger partial charge in [-0.1, -0.05) is 34.8 Å². The molecule has 0 aliphatic rings. The lowest BCUT2D eigenvalue weighted by molar-refractivity contribution is 0.247. The Hall–Kier alpha value is -1.62. The van der Waals surface area contributed by atoms with Gasteiger partial charge in [0.1, 0.15) is 11.5 Å². The first-order chi connectivity index (χ1) is 11.6. The van der Waals surface area contributed by atoms with Gasteiger partial charge in [0.15, 0.2) is 12.4 Å². The van der Waals surface area contributed by atoms with Gasteiger partial charge in [-0.2, -0.15) is 0 Å². The van der Waals surface area contributed by atoms with Crippen LogP contribution in [0.15, 0.2) is 36.4 Å². The molecule has 4 nitrogen and oxygen atoms in total. The zero-order valence-corrected chi connectivity index (χ0v) is 14.8. The van der Waals surface area contributed by atoms with Crippen molar-refractivity contribution in [2.45, 2.75) is 6.42 Å². The first-order valence-corrected chi connectivity index (χ1v) is 8.21. The van der Waals surface area contributed by atoms with Gasteiger partial charge in [-0.3, -0.25) is 4.79 Å². The van der Waals surface area contributed by atoms with Crippen LogP contribution in [0.5, 0.6) is 17.2 Å². The summed E-state index contributed by atoms with van der Waals surface area (Å²) in [6, 6.07) is 10.2. The van der Waals surface area contributed by atoms with E-state index in [4.69, 9.17) is 49.0 Å². The van der Waals surface area contributed by atoms with Crippen LogP contribution >= 0.6 is 34.8 Å². The summed E-state index contributed by atoms with van der Waals surface area (Å²) in [6.45, 7) is 0.678. The first-order valence-electron chi connectivity index (χ1n) is 7.08. The van der Waals surface area contributed by atoms with Crippen molar-refractivity contribution >= 4 is 41.1 Å². The molecule has 0 saturated heterocycles. The van der Waals surface area contributed by atoms with Crippen LogP contribution in [0.4, 0.5) is 0 Å². The van der Waals surface area contributed by atoms with Crippen molar-refractivity contribution in [3.8, 4) is 17.2 Å². The summed E-state index contributed by atoms with van der Waals surface area (Å²) in [7, 11) is 0. The van der Waals surface area contributed by atoms with E-state index < -0.39 is 0 Å². The number of hydrogen-bond donors (Lipinski definition) is 0. The van der Waals surface area contributed by atoms with Crippen molar-refractivity contribution in [1.29, 1.82) is 0 Å². The largest absolute Gasteiger partial charge is 0.493 e. The number of benzene rings is 2. The Balaban J connectivity index is 1.79. The Morgan fingerprint density at radius 1 is 0.833 bits per heavy atom. The smallest absolute Gasteiger partial charge is 0.239 e. The van der Waals surface area contributed by atoms with E-state index in [0.717, 1.165) is 5.75 Å². The van der Waals surface area contributed by atoms with E-state index in [1.807, 2.05) is 0 Å². The molecule has 24 heavy (non-hydrogen) atoms. The van der Waals surface area contributed by atoms with Gasteiger partial charge < -0.3 is 14.2 Å². The minimum atomic E-state index is -0.186. The van der Waals surface area contributed by atoms with Crippen molar-refractivity contribution in [3.05, 3.63) is 51.5 Å². The molecule has 0 fully saturated rings. The Bertz CT molecular complexity index is 651. The number of carbonyl (C=O) groups excluding carboxylic acids is 1. The Labute approximate surface area is 155 Å². The zero-order chi connectivity index (χ0) is 17.4. The monoisotopic (exact) mass is 387 g/mol. The molecule has 2 aromatic carbocycles. The fourth-order valence-corrected chi connectivity index (χ4v) is 2.53. The summed E-state index contributed by atoms with van der Waals surface area (Å²) in [5.41, 5.74) is 0. The van der Waals surface area contributed by atoms with Crippen LogP contribution in [0, 0.1) is 0 Å². The summed E-state index contributed by atoms with van der Waals surface area (Å²) < 4.78 is 16.2. The maximum Gasteiger partial charge on any atom is 0.239 e. The summed E-state index contributed by atoms with van der Waals surface area (Å²) >= 11 is 18.0. The second-order valence-corrected chi connectivity index (χ2v) is 5.90. The molecule has 0 amide bonds. The molecule has 2 aromatic rings. The zero-order valence-electron chi connectivity index (χ0n) is 12.6. The topological polar surface area (TPSA) is 44.8 Å². The molecule has 0 N–H and O–H groups in total. The van der Waals surface area contributed by atoms with Crippen molar-refractivity contribution in [1.82, 2.24) is 0 Å². The molecule has 0 aliphatic heterocycles. The van der Waals surface area contributed by atoms with Gasteiger partial charge >= 0.3 is 0 Å². The van der Waals surface area contributed by atoms with Crippen LogP contribution in [0.2, 0.25) is 15.1 Å². The number of hydrogen-bond acceptors (Lipinski definition) is 4. The van der Waals surface area contributed by atoms with Crippen molar-refractivity contribution in [3.63, 3.8) is 0 Å². The van der Waals surface area contributed by atoms with Gasteiger partial charge in [-0.15, -0.1) is 0 Å². The van der Waals surface area contributed by atoms with E-state index in [1.54, 1.807) is 30.6 Å². The van der Waals surface area contributed by atoms with E-state index >= 15 is 0 Å². The van der Waals surface area contributed by atoms with Gasteiger partial charge in [-0.25, -0.2) is 0 Å². The van der Waals surface area contributed by atoms with Crippen molar-refractivity contribution in [2.24, 2.45) is 0 Å².